The third-order valence-electron chi connectivity index (χ3n) is 7.78. The summed E-state index contributed by atoms with van der Waals surface area (Å²) in [7, 11) is -2.72. The molecule has 0 saturated heterocycles. The number of para-hydroxylation sites is 1. The van der Waals surface area contributed by atoms with E-state index in [0.717, 1.165) is 15.6 Å². The Morgan fingerprint density at radius 1 is 1.00 bits per heavy atom. The van der Waals surface area contributed by atoms with Crippen LogP contribution < -0.4 is 9.21 Å². The molecule has 1 amide bonds. The lowest BCUT2D eigenvalue weighted by Crippen LogP contribution is -2.34. The molecule has 0 atom stereocenters. The van der Waals surface area contributed by atoms with Gasteiger partial charge in [0.25, 0.3) is 10.0 Å². The summed E-state index contributed by atoms with van der Waals surface area (Å²) >= 11 is 0. The fourth-order valence-electron chi connectivity index (χ4n) is 5.34. The Morgan fingerprint density at radius 2 is 1.80 bits per heavy atom. The molecule has 45 heavy (non-hydrogen) atoms. The number of sulfonamides is 1. The van der Waals surface area contributed by atoms with Crippen molar-refractivity contribution in [1.82, 2.24) is 10.1 Å². The molecule has 0 unspecified atom stereocenters. The predicted molar refractivity (Wildman–Crippen MR) is 167 cm³/mol. The van der Waals surface area contributed by atoms with Gasteiger partial charge in [-0.1, -0.05) is 47.6 Å². The van der Waals surface area contributed by atoms with Crippen LogP contribution in [0, 0.1) is 13.8 Å². The maximum atomic E-state index is 14.5. The Balaban J connectivity index is 1.47. The largest absolute Gasteiger partial charge is 0.445 e. The SMILES string of the molecule is COCCOCN(c1onc(C)c1C)S(=O)(=O)c1ccccc1-c1ccc(-c2ncco2)cc1CN1C(=O)Cc2ccccc21. The second-order valence-corrected chi connectivity index (χ2v) is 12.4. The molecule has 11 nitrogen and oxygen atoms in total. The molecule has 6 rings (SSSR count). The van der Waals surface area contributed by atoms with Gasteiger partial charge < -0.3 is 23.3 Å². The number of rotatable bonds is 12. The van der Waals surface area contributed by atoms with E-state index in [4.69, 9.17) is 18.4 Å². The Bertz CT molecular complexity index is 1940. The van der Waals surface area contributed by atoms with Gasteiger partial charge >= 0.3 is 0 Å². The smallest absolute Gasteiger partial charge is 0.269 e. The lowest BCUT2D eigenvalue weighted by Gasteiger charge is -2.25. The summed E-state index contributed by atoms with van der Waals surface area (Å²) in [5, 5.41) is 3.99. The van der Waals surface area contributed by atoms with Crippen molar-refractivity contribution >= 4 is 27.5 Å². The summed E-state index contributed by atoms with van der Waals surface area (Å²) in [4.78, 5) is 19.3. The predicted octanol–water partition coefficient (Wildman–Crippen LogP) is 5.52. The van der Waals surface area contributed by atoms with Crippen LogP contribution in [0.1, 0.15) is 22.4 Å². The Morgan fingerprint density at radius 3 is 2.56 bits per heavy atom. The van der Waals surface area contributed by atoms with Gasteiger partial charge in [-0.05, 0) is 54.8 Å². The number of nitrogens with zero attached hydrogens (tertiary/aromatic N) is 4. The maximum absolute atomic E-state index is 14.5. The van der Waals surface area contributed by atoms with Crippen molar-refractivity contribution < 1.29 is 31.6 Å². The van der Waals surface area contributed by atoms with Gasteiger partial charge in [-0.15, -0.1) is 0 Å². The van der Waals surface area contributed by atoms with Crippen LogP contribution in [0.2, 0.25) is 0 Å². The second kappa shape index (κ2) is 12.7. The van der Waals surface area contributed by atoms with Crippen molar-refractivity contribution in [3.63, 3.8) is 0 Å². The van der Waals surface area contributed by atoms with Gasteiger partial charge in [-0.2, -0.15) is 0 Å². The molecule has 5 aromatic rings. The van der Waals surface area contributed by atoms with E-state index >= 15 is 0 Å². The molecule has 2 aromatic heterocycles. The number of hydrogen-bond donors (Lipinski definition) is 0. The molecule has 232 valence electrons. The summed E-state index contributed by atoms with van der Waals surface area (Å²) in [6.07, 6.45) is 3.34. The summed E-state index contributed by atoms with van der Waals surface area (Å²) < 4.78 is 51.9. The fourth-order valence-corrected chi connectivity index (χ4v) is 6.89. The Kier molecular flexibility index (Phi) is 8.52. The average molecular weight is 629 g/mol. The van der Waals surface area contributed by atoms with Gasteiger partial charge in [-0.25, -0.2) is 17.7 Å². The van der Waals surface area contributed by atoms with E-state index in [1.807, 2.05) is 42.5 Å². The number of aryl methyl sites for hydroxylation is 1. The molecule has 3 heterocycles. The first kappa shape index (κ1) is 30.3. The first-order valence-electron chi connectivity index (χ1n) is 14.3. The number of aromatic nitrogens is 2. The minimum Gasteiger partial charge on any atom is -0.445 e. The minimum atomic E-state index is -4.26. The van der Waals surface area contributed by atoms with Crippen molar-refractivity contribution in [3.05, 3.63) is 102 Å². The number of carbonyl (C=O) groups is 1. The fraction of sp³-hybridized carbons (Fsp3) is 0.242. The van der Waals surface area contributed by atoms with E-state index in [9.17, 15) is 13.2 Å². The van der Waals surface area contributed by atoms with E-state index < -0.39 is 10.0 Å². The summed E-state index contributed by atoms with van der Waals surface area (Å²) in [5.41, 5.74) is 5.40. The Labute approximate surface area is 261 Å². The molecule has 0 fully saturated rings. The number of amides is 1. The van der Waals surface area contributed by atoms with E-state index in [1.165, 1.54) is 13.4 Å². The van der Waals surface area contributed by atoms with Crippen LogP contribution in [0.25, 0.3) is 22.6 Å². The molecular formula is C33H32N4O7S. The van der Waals surface area contributed by atoms with Crippen LogP contribution in [0.3, 0.4) is 0 Å². The zero-order valence-corrected chi connectivity index (χ0v) is 25.9. The third-order valence-corrected chi connectivity index (χ3v) is 9.55. The van der Waals surface area contributed by atoms with Crippen LogP contribution in [0.4, 0.5) is 11.6 Å². The monoisotopic (exact) mass is 628 g/mol. The Hall–Kier alpha value is -4.78. The van der Waals surface area contributed by atoms with E-state index in [1.54, 1.807) is 49.2 Å². The van der Waals surface area contributed by atoms with Crippen LogP contribution in [0.15, 0.2) is 93.0 Å². The van der Waals surface area contributed by atoms with Gasteiger partial charge in [0.15, 0.2) is 0 Å². The number of anilines is 2. The van der Waals surface area contributed by atoms with Crippen molar-refractivity contribution in [2.45, 2.75) is 31.7 Å². The summed E-state index contributed by atoms with van der Waals surface area (Å²) in [6.45, 7) is 3.84. The van der Waals surface area contributed by atoms with Gasteiger partial charge in [0.05, 0.1) is 43.0 Å². The number of fused-ring (bicyclic) bond motifs is 1. The third kappa shape index (κ3) is 5.87. The van der Waals surface area contributed by atoms with Crippen molar-refractivity contribution in [2.24, 2.45) is 0 Å². The van der Waals surface area contributed by atoms with Crippen LogP contribution in [-0.4, -0.2) is 51.5 Å². The van der Waals surface area contributed by atoms with E-state index in [2.05, 4.69) is 10.1 Å². The quantitative estimate of drug-likeness (QED) is 0.130. The zero-order chi connectivity index (χ0) is 31.6. The topological polar surface area (TPSA) is 128 Å². The molecule has 0 N–H and O–H groups in total. The van der Waals surface area contributed by atoms with Gasteiger partial charge in [0.2, 0.25) is 17.7 Å². The molecule has 3 aromatic carbocycles. The van der Waals surface area contributed by atoms with E-state index in [0.29, 0.717) is 45.8 Å². The minimum absolute atomic E-state index is 0.0343. The lowest BCUT2D eigenvalue weighted by molar-refractivity contribution is -0.117. The molecule has 0 aliphatic carbocycles. The highest BCUT2D eigenvalue weighted by Gasteiger charge is 2.34. The van der Waals surface area contributed by atoms with Crippen LogP contribution in [-0.2, 0) is 37.3 Å². The zero-order valence-electron chi connectivity index (χ0n) is 25.1. The summed E-state index contributed by atoms with van der Waals surface area (Å²) in [5.74, 6) is 0.436. The highest BCUT2D eigenvalue weighted by molar-refractivity contribution is 7.93. The standard InChI is InChI=1S/C33H32N4O7S/c1-22-23(2)35-44-33(22)37(21-42-17-16-41-3)45(39,40)30-11-7-5-9-28(30)27-13-12-25(32-34-14-15-43-32)18-26(27)20-36-29-10-6-4-8-24(29)19-31(36)38/h4-15,18H,16-17,19-21H2,1-3H3. The molecule has 0 bridgehead atoms. The molecule has 0 saturated carbocycles. The molecular weight excluding hydrogens is 596 g/mol. The second-order valence-electron chi connectivity index (χ2n) is 10.6. The highest BCUT2D eigenvalue weighted by Crippen LogP contribution is 2.38. The number of hydrogen-bond acceptors (Lipinski definition) is 9. The van der Waals surface area contributed by atoms with Gasteiger partial charge in [0.1, 0.15) is 13.0 Å². The van der Waals surface area contributed by atoms with Crippen LogP contribution in [0.5, 0.6) is 0 Å². The number of oxazole rings is 1. The van der Waals surface area contributed by atoms with E-state index in [-0.39, 0.29) is 43.2 Å². The highest BCUT2D eigenvalue weighted by atomic mass is 32.2. The number of methoxy groups -OCH3 is 1. The number of carbonyl (C=O) groups excluding carboxylic acids is 1. The average Bonchev–Trinajstić information content (AvgIpc) is 3.78. The molecule has 1 aliphatic heterocycles. The van der Waals surface area contributed by atoms with Gasteiger partial charge in [0, 0.05) is 29.5 Å². The lowest BCUT2D eigenvalue weighted by atomic mass is 9.96. The first-order valence-corrected chi connectivity index (χ1v) is 15.8. The van der Waals surface area contributed by atoms with Crippen molar-refractivity contribution in [2.75, 3.05) is 36.3 Å². The van der Waals surface area contributed by atoms with Crippen molar-refractivity contribution in [3.8, 4) is 22.6 Å². The number of benzene rings is 3. The molecule has 12 heteroatoms. The van der Waals surface area contributed by atoms with Crippen LogP contribution >= 0.6 is 0 Å². The molecule has 1 aliphatic rings. The first-order chi connectivity index (χ1) is 21.8. The van der Waals surface area contributed by atoms with Gasteiger partial charge in [-0.3, -0.25) is 4.79 Å². The van der Waals surface area contributed by atoms with Crippen molar-refractivity contribution in [1.29, 1.82) is 0 Å². The normalized spacial score (nSPS) is 13.0. The summed E-state index contributed by atoms with van der Waals surface area (Å²) in [6, 6.07) is 19.9. The maximum Gasteiger partial charge on any atom is 0.269 e. The number of ether oxygens (including phenoxy) is 2. The molecule has 0 spiro atoms. The molecule has 0 radical (unpaired) electrons.